The van der Waals surface area contributed by atoms with Crippen LogP contribution in [-0.4, -0.2) is 18.5 Å². The molecular weight excluding hydrogens is 446 g/mol. The largest absolute Gasteiger partial charge is 0.482 e. The standard InChI is InChI=1S/C28H25NO6/c1-17-11-18(2)19(3)24(12-17)33-16-26(30)34-22-10-9-21-13-23(28(32)35-25(21)14-22)27(31)29-15-20-7-5-4-6-8-20/h4-14H,15-16H2,1-3H3,(H,29,31). The zero-order chi connectivity index (χ0) is 24.9. The minimum atomic E-state index is -0.778. The topological polar surface area (TPSA) is 94.8 Å². The minimum Gasteiger partial charge on any atom is -0.482 e. The van der Waals surface area contributed by atoms with Crippen LogP contribution in [0.25, 0.3) is 11.0 Å². The van der Waals surface area contributed by atoms with Crippen LogP contribution in [0.1, 0.15) is 32.6 Å². The Labute approximate surface area is 202 Å². The first kappa shape index (κ1) is 23.8. The normalized spacial score (nSPS) is 10.7. The summed E-state index contributed by atoms with van der Waals surface area (Å²) >= 11 is 0. The lowest BCUT2D eigenvalue weighted by atomic mass is 10.1. The molecule has 7 nitrogen and oxygen atoms in total. The van der Waals surface area contributed by atoms with E-state index in [2.05, 4.69) is 5.32 Å². The second kappa shape index (κ2) is 10.3. The van der Waals surface area contributed by atoms with Crippen LogP contribution in [0.4, 0.5) is 0 Å². The van der Waals surface area contributed by atoms with Crippen molar-refractivity contribution in [2.24, 2.45) is 0 Å². The van der Waals surface area contributed by atoms with Crippen LogP contribution in [0.15, 0.2) is 75.9 Å². The molecule has 0 atom stereocenters. The van der Waals surface area contributed by atoms with Crippen LogP contribution in [0.3, 0.4) is 0 Å². The Balaban J connectivity index is 1.42. The van der Waals surface area contributed by atoms with E-state index in [9.17, 15) is 14.4 Å². The molecular formula is C28H25NO6. The number of hydrogen-bond donors (Lipinski definition) is 1. The van der Waals surface area contributed by atoms with E-state index in [-0.39, 0.29) is 30.0 Å². The van der Waals surface area contributed by atoms with Gasteiger partial charge in [0.25, 0.3) is 5.91 Å². The van der Waals surface area contributed by atoms with E-state index in [0.717, 1.165) is 22.3 Å². The molecule has 0 fully saturated rings. The van der Waals surface area contributed by atoms with Gasteiger partial charge in [0.1, 0.15) is 22.6 Å². The number of rotatable bonds is 7. The molecule has 3 aromatic carbocycles. The number of carbonyl (C=O) groups excluding carboxylic acids is 2. The van der Waals surface area contributed by atoms with Gasteiger partial charge in [0.15, 0.2) is 6.61 Å². The molecule has 0 saturated carbocycles. The van der Waals surface area contributed by atoms with Gasteiger partial charge in [0.05, 0.1) is 0 Å². The van der Waals surface area contributed by atoms with Crippen LogP contribution < -0.4 is 20.4 Å². The zero-order valence-corrected chi connectivity index (χ0v) is 19.7. The molecule has 0 bridgehead atoms. The SMILES string of the molecule is Cc1cc(C)c(C)c(OCC(=O)Oc2ccc3cc(C(=O)NCc4ccccc4)c(=O)oc3c2)c1. The van der Waals surface area contributed by atoms with Gasteiger partial charge in [-0.3, -0.25) is 4.79 Å². The van der Waals surface area contributed by atoms with Crippen LogP contribution in [0, 0.1) is 20.8 Å². The Morgan fingerprint density at radius 2 is 1.71 bits per heavy atom. The van der Waals surface area contributed by atoms with Crippen LogP contribution in [-0.2, 0) is 11.3 Å². The van der Waals surface area contributed by atoms with Crippen LogP contribution in [0.2, 0.25) is 0 Å². The number of carbonyl (C=O) groups is 2. The molecule has 1 N–H and O–H groups in total. The van der Waals surface area contributed by atoms with Gasteiger partial charge >= 0.3 is 11.6 Å². The Bertz CT molecular complexity index is 1460. The smallest absolute Gasteiger partial charge is 0.349 e. The van der Waals surface area contributed by atoms with E-state index in [1.807, 2.05) is 63.2 Å². The van der Waals surface area contributed by atoms with Crippen molar-refractivity contribution < 1.29 is 23.5 Å². The molecule has 1 heterocycles. The lowest BCUT2D eigenvalue weighted by Gasteiger charge is -2.12. The Hall–Kier alpha value is -4.39. The average Bonchev–Trinajstić information content (AvgIpc) is 2.84. The van der Waals surface area contributed by atoms with Crippen molar-refractivity contribution in [3.8, 4) is 11.5 Å². The van der Waals surface area contributed by atoms with Crippen molar-refractivity contribution in [1.82, 2.24) is 5.32 Å². The van der Waals surface area contributed by atoms with Gasteiger partial charge in [-0.1, -0.05) is 36.4 Å². The van der Waals surface area contributed by atoms with Gasteiger partial charge in [-0.25, -0.2) is 9.59 Å². The summed E-state index contributed by atoms with van der Waals surface area (Å²) < 4.78 is 16.3. The summed E-state index contributed by atoms with van der Waals surface area (Å²) in [5.74, 6) is -0.296. The summed E-state index contributed by atoms with van der Waals surface area (Å²) in [4.78, 5) is 37.2. The number of ether oxygens (including phenoxy) is 2. The summed E-state index contributed by atoms with van der Waals surface area (Å²) in [5.41, 5.74) is 3.30. The summed E-state index contributed by atoms with van der Waals surface area (Å²) in [6, 6.07) is 19.3. The molecule has 0 spiro atoms. The molecule has 0 aliphatic rings. The Morgan fingerprint density at radius 3 is 2.49 bits per heavy atom. The van der Waals surface area contributed by atoms with Crippen molar-refractivity contribution in [3.63, 3.8) is 0 Å². The monoisotopic (exact) mass is 471 g/mol. The number of amides is 1. The third-order valence-electron chi connectivity index (χ3n) is 5.59. The lowest BCUT2D eigenvalue weighted by Crippen LogP contribution is -2.27. The number of hydrogen-bond acceptors (Lipinski definition) is 6. The molecule has 0 aliphatic carbocycles. The maximum Gasteiger partial charge on any atom is 0.349 e. The molecule has 0 unspecified atom stereocenters. The lowest BCUT2D eigenvalue weighted by molar-refractivity contribution is -0.136. The molecule has 1 aromatic heterocycles. The van der Waals surface area contributed by atoms with E-state index in [4.69, 9.17) is 13.9 Å². The number of aryl methyl sites for hydroxylation is 2. The van der Waals surface area contributed by atoms with Crippen molar-refractivity contribution >= 4 is 22.8 Å². The number of fused-ring (bicyclic) bond motifs is 1. The van der Waals surface area contributed by atoms with Gasteiger partial charge < -0.3 is 19.2 Å². The van der Waals surface area contributed by atoms with E-state index < -0.39 is 17.5 Å². The third kappa shape index (κ3) is 5.76. The molecule has 4 aromatic rings. The Morgan fingerprint density at radius 1 is 0.943 bits per heavy atom. The second-order valence-electron chi connectivity index (χ2n) is 8.28. The summed E-state index contributed by atoms with van der Waals surface area (Å²) in [5, 5.41) is 3.24. The van der Waals surface area contributed by atoms with Gasteiger partial charge in [-0.2, -0.15) is 0 Å². The third-order valence-corrected chi connectivity index (χ3v) is 5.59. The highest BCUT2D eigenvalue weighted by Crippen LogP contribution is 2.24. The van der Waals surface area contributed by atoms with Crippen molar-refractivity contribution in [1.29, 1.82) is 0 Å². The van der Waals surface area contributed by atoms with Gasteiger partial charge in [-0.05, 0) is 67.3 Å². The first-order chi connectivity index (χ1) is 16.8. The first-order valence-electron chi connectivity index (χ1n) is 11.1. The number of esters is 1. The molecule has 7 heteroatoms. The van der Waals surface area contributed by atoms with Crippen molar-refractivity contribution in [2.75, 3.05) is 6.61 Å². The van der Waals surface area contributed by atoms with Gasteiger partial charge in [-0.15, -0.1) is 0 Å². The van der Waals surface area contributed by atoms with E-state index in [0.29, 0.717) is 11.1 Å². The fourth-order valence-electron chi connectivity index (χ4n) is 3.64. The highest BCUT2D eigenvalue weighted by molar-refractivity contribution is 5.96. The average molecular weight is 472 g/mol. The molecule has 35 heavy (non-hydrogen) atoms. The summed E-state index contributed by atoms with van der Waals surface area (Å²) in [6.45, 7) is 5.88. The van der Waals surface area contributed by atoms with Crippen molar-refractivity contribution in [3.05, 3.63) is 105 Å². The second-order valence-corrected chi connectivity index (χ2v) is 8.28. The first-order valence-corrected chi connectivity index (χ1v) is 11.1. The maximum atomic E-state index is 12.5. The highest BCUT2D eigenvalue weighted by atomic mass is 16.6. The molecule has 178 valence electrons. The molecule has 0 saturated heterocycles. The quantitative estimate of drug-likeness (QED) is 0.240. The van der Waals surface area contributed by atoms with Gasteiger partial charge in [0.2, 0.25) is 0 Å². The highest BCUT2D eigenvalue weighted by Gasteiger charge is 2.15. The molecule has 0 radical (unpaired) electrons. The van der Waals surface area contributed by atoms with E-state index >= 15 is 0 Å². The fourth-order valence-corrected chi connectivity index (χ4v) is 3.64. The fraction of sp³-hybridized carbons (Fsp3) is 0.179. The van der Waals surface area contributed by atoms with Gasteiger partial charge in [0, 0.05) is 18.0 Å². The molecule has 1 amide bonds. The molecule has 0 aliphatic heterocycles. The van der Waals surface area contributed by atoms with E-state index in [1.165, 1.54) is 12.1 Å². The predicted octanol–water partition coefficient (Wildman–Crippen LogP) is 4.63. The summed E-state index contributed by atoms with van der Waals surface area (Å²) in [7, 11) is 0. The number of nitrogens with one attached hydrogen (secondary N) is 1. The van der Waals surface area contributed by atoms with E-state index in [1.54, 1.807) is 12.1 Å². The number of benzene rings is 3. The van der Waals surface area contributed by atoms with Crippen molar-refractivity contribution in [2.45, 2.75) is 27.3 Å². The Kier molecular flexibility index (Phi) is 6.96. The van der Waals surface area contributed by atoms with Crippen LogP contribution >= 0.6 is 0 Å². The predicted molar refractivity (Wildman–Crippen MR) is 132 cm³/mol. The summed E-state index contributed by atoms with van der Waals surface area (Å²) in [6.07, 6.45) is 0. The maximum absolute atomic E-state index is 12.5. The minimum absolute atomic E-state index is 0.101. The van der Waals surface area contributed by atoms with Crippen LogP contribution in [0.5, 0.6) is 11.5 Å². The molecule has 4 rings (SSSR count). The zero-order valence-electron chi connectivity index (χ0n) is 19.7.